The second-order valence-electron chi connectivity index (χ2n) is 3.99. The van der Waals surface area contributed by atoms with Gasteiger partial charge in [0.1, 0.15) is 17.7 Å². The largest absolute Gasteiger partial charge is 0.378 e. The molecule has 21 heavy (non-hydrogen) atoms. The van der Waals surface area contributed by atoms with Crippen LogP contribution < -0.4 is 4.90 Å². The van der Waals surface area contributed by atoms with Crippen LogP contribution in [0.25, 0.3) is 0 Å². The molecule has 0 bridgehead atoms. The predicted molar refractivity (Wildman–Crippen MR) is 82.5 cm³/mol. The van der Waals surface area contributed by atoms with Gasteiger partial charge in [-0.05, 0) is 47.9 Å². The molecule has 0 N–H and O–H groups in total. The zero-order valence-electron chi connectivity index (χ0n) is 11.7. The Morgan fingerprint density at radius 3 is 2.14 bits per heavy atom. The molecular weight excluding hydrogens is 258 g/mol. The summed E-state index contributed by atoms with van der Waals surface area (Å²) in [5.41, 5.74) is 1.94. The second kappa shape index (κ2) is 8.51. The lowest BCUT2D eigenvalue weighted by molar-refractivity contribution is 1.13. The van der Waals surface area contributed by atoms with Gasteiger partial charge in [0.25, 0.3) is 0 Å². The molecule has 1 rings (SSSR count). The van der Waals surface area contributed by atoms with E-state index in [1.807, 2.05) is 43.3 Å². The molecule has 0 unspecified atom stereocenters. The van der Waals surface area contributed by atoms with E-state index in [-0.39, 0.29) is 5.57 Å². The van der Waals surface area contributed by atoms with E-state index in [2.05, 4.69) is 35.5 Å². The fourth-order valence-electron chi connectivity index (χ4n) is 1.24. The van der Waals surface area contributed by atoms with Gasteiger partial charge in [-0.15, -0.1) is 0 Å². The highest BCUT2D eigenvalue weighted by Gasteiger charge is 1.92. The van der Waals surface area contributed by atoms with E-state index < -0.39 is 0 Å². The first-order valence-corrected chi connectivity index (χ1v) is 5.96. The summed E-state index contributed by atoms with van der Waals surface area (Å²) >= 11 is 0. The molecule has 3 nitrogen and oxygen atoms in total. The molecule has 0 saturated carbocycles. The molecule has 0 atom stereocenters. The SMILES string of the molecule is CN(C)c1ccc(C#CC#CC#CC=C(C#N)C#N)cc1. The van der Waals surface area contributed by atoms with Gasteiger partial charge in [-0.25, -0.2) is 0 Å². The molecule has 0 aromatic heterocycles. The van der Waals surface area contributed by atoms with Crippen LogP contribution >= 0.6 is 0 Å². The highest BCUT2D eigenvalue weighted by Crippen LogP contribution is 2.11. The Morgan fingerprint density at radius 2 is 1.57 bits per heavy atom. The molecule has 0 saturated heterocycles. The summed E-state index contributed by atoms with van der Waals surface area (Å²) in [6.07, 6.45) is 1.22. The Morgan fingerprint density at radius 1 is 0.952 bits per heavy atom. The molecule has 3 heteroatoms. The zero-order chi connectivity index (χ0) is 15.5. The Kier molecular flexibility index (Phi) is 6.27. The number of anilines is 1. The van der Waals surface area contributed by atoms with Crippen LogP contribution in [0.1, 0.15) is 5.56 Å². The van der Waals surface area contributed by atoms with Crippen LogP contribution in [0.3, 0.4) is 0 Å². The standard InChI is InChI=1S/C18H11N3/c1-21(2)18-12-10-16(11-13-18)8-6-4-3-5-7-9-17(14-19)15-20/h9-13H,1-2H3. The normalized spacial score (nSPS) is 7.24. The van der Waals surface area contributed by atoms with Crippen molar-refractivity contribution in [3.63, 3.8) is 0 Å². The van der Waals surface area contributed by atoms with Crippen molar-refractivity contribution in [1.82, 2.24) is 0 Å². The lowest BCUT2D eigenvalue weighted by atomic mass is 10.2. The van der Waals surface area contributed by atoms with Gasteiger partial charge in [-0.2, -0.15) is 10.5 Å². The maximum atomic E-state index is 8.48. The number of rotatable bonds is 1. The third-order valence-corrected chi connectivity index (χ3v) is 2.31. The van der Waals surface area contributed by atoms with Crippen molar-refractivity contribution < 1.29 is 0 Å². The van der Waals surface area contributed by atoms with Crippen LogP contribution in [0.15, 0.2) is 35.9 Å². The minimum absolute atomic E-state index is 0.0450. The Bertz CT molecular complexity index is 778. The molecule has 0 aliphatic rings. The summed E-state index contributed by atoms with van der Waals surface area (Å²) in [5, 5.41) is 17.0. The number of nitrogens with zero attached hydrogens (tertiary/aromatic N) is 3. The second-order valence-corrected chi connectivity index (χ2v) is 3.99. The van der Waals surface area contributed by atoms with Gasteiger partial charge in [0.2, 0.25) is 0 Å². The topological polar surface area (TPSA) is 50.8 Å². The zero-order valence-corrected chi connectivity index (χ0v) is 11.7. The average Bonchev–Trinajstić information content (AvgIpc) is 2.50. The minimum atomic E-state index is -0.0450. The van der Waals surface area contributed by atoms with Gasteiger partial charge in [-0.1, -0.05) is 11.8 Å². The molecular formula is C18H11N3. The van der Waals surface area contributed by atoms with Crippen molar-refractivity contribution >= 4 is 5.69 Å². The monoisotopic (exact) mass is 269 g/mol. The van der Waals surface area contributed by atoms with E-state index in [4.69, 9.17) is 10.5 Å². The Hall–Kier alpha value is -3.58. The lowest BCUT2D eigenvalue weighted by Crippen LogP contribution is -2.07. The molecule has 0 aliphatic carbocycles. The molecule has 98 valence electrons. The van der Waals surface area contributed by atoms with Gasteiger partial charge < -0.3 is 4.90 Å². The molecule has 1 aromatic rings. The summed E-state index contributed by atoms with van der Waals surface area (Å²) in [6, 6.07) is 11.2. The van der Waals surface area contributed by atoms with E-state index in [0.717, 1.165) is 11.3 Å². The van der Waals surface area contributed by atoms with E-state index >= 15 is 0 Å². The molecule has 0 radical (unpaired) electrons. The number of hydrogen-bond acceptors (Lipinski definition) is 3. The van der Waals surface area contributed by atoms with Gasteiger partial charge in [0.15, 0.2) is 0 Å². The first-order chi connectivity index (χ1) is 10.2. The maximum absolute atomic E-state index is 8.48. The van der Waals surface area contributed by atoms with Gasteiger partial charge >= 0.3 is 0 Å². The highest BCUT2D eigenvalue weighted by atomic mass is 15.1. The first kappa shape index (κ1) is 15.5. The van der Waals surface area contributed by atoms with Crippen LogP contribution in [0, 0.1) is 58.2 Å². The number of allylic oxidation sites excluding steroid dienone is 2. The Balaban J connectivity index is 2.69. The van der Waals surface area contributed by atoms with Crippen molar-refractivity contribution in [1.29, 1.82) is 10.5 Å². The van der Waals surface area contributed by atoms with Crippen LogP contribution in [0.5, 0.6) is 0 Å². The third kappa shape index (κ3) is 5.73. The fourth-order valence-corrected chi connectivity index (χ4v) is 1.24. The van der Waals surface area contributed by atoms with Gasteiger partial charge in [-0.3, -0.25) is 0 Å². The van der Waals surface area contributed by atoms with Gasteiger partial charge in [0, 0.05) is 31.4 Å². The van der Waals surface area contributed by atoms with E-state index in [0.29, 0.717) is 0 Å². The molecule has 1 aromatic carbocycles. The van der Waals surface area contributed by atoms with Crippen LogP contribution in [0.2, 0.25) is 0 Å². The van der Waals surface area contributed by atoms with E-state index in [9.17, 15) is 0 Å². The van der Waals surface area contributed by atoms with Crippen molar-refractivity contribution in [2.75, 3.05) is 19.0 Å². The summed E-state index contributed by atoms with van der Waals surface area (Å²) in [5.74, 6) is 15.7. The van der Waals surface area contributed by atoms with Crippen LogP contribution in [0.4, 0.5) is 5.69 Å². The quantitative estimate of drug-likeness (QED) is 0.579. The molecule has 0 aliphatic heterocycles. The average molecular weight is 269 g/mol. The lowest BCUT2D eigenvalue weighted by Gasteiger charge is -2.11. The van der Waals surface area contributed by atoms with E-state index in [1.54, 1.807) is 12.1 Å². The number of nitriles is 2. The fraction of sp³-hybridized carbons (Fsp3) is 0.111. The summed E-state index contributed by atoms with van der Waals surface area (Å²) in [7, 11) is 3.95. The minimum Gasteiger partial charge on any atom is -0.378 e. The summed E-state index contributed by atoms with van der Waals surface area (Å²) in [6.45, 7) is 0. The molecule has 0 fully saturated rings. The van der Waals surface area contributed by atoms with Crippen LogP contribution in [-0.2, 0) is 0 Å². The highest BCUT2D eigenvalue weighted by molar-refractivity contribution is 5.51. The molecule has 0 heterocycles. The van der Waals surface area contributed by atoms with Crippen molar-refractivity contribution in [3.05, 3.63) is 41.5 Å². The van der Waals surface area contributed by atoms with Crippen molar-refractivity contribution in [2.45, 2.75) is 0 Å². The first-order valence-electron chi connectivity index (χ1n) is 5.96. The molecule has 0 spiro atoms. The number of benzene rings is 1. The summed E-state index contributed by atoms with van der Waals surface area (Å²) < 4.78 is 0. The maximum Gasteiger partial charge on any atom is 0.138 e. The molecule has 0 amide bonds. The van der Waals surface area contributed by atoms with Crippen molar-refractivity contribution in [2.24, 2.45) is 0 Å². The number of hydrogen-bond donors (Lipinski definition) is 0. The summed E-state index contributed by atoms with van der Waals surface area (Å²) in [4.78, 5) is 2.01. The smallest absolute Gasteiger partial charge is 0.138 e. The van der Waals surface area contributed by atoms with Crippen LogP contribution in [-0.4, -0.2) is 14.1 Å². The predicted octanol–water partition coefficient (Wildman–Crippen LogP) is 2.08. The Labute approximate surface area is 125 Å². The third-order valence-electron chi connectivity index (χ3n) is 2.31. The van der Waals surface area contributed by atoms with E-state index in [1.165, 1.54) is 6.08 Å². The van der Waals surface area contributed by atoms with Gasteiger partial charge in [0.05, 0.1) is 0 Å². The van der Waals surface area contributed by atoms with Crippen molar-refractivity contribution in [3.8, 4) is 47.7 Å².